The third-order valence-electron chi connectivity index (χ3n) is 3.95. The first-order chi connectivity index (χ1) is 9.99. The normalized spacial score (nSPS) is 15.5. The van der Waals surface area contributed by atoms with E-state index in [0.717, 1.165) is 5.56 Å². The summed E-state index contributed by atoms with van der Waals surface area (Å²) in [4.78, 5) is 25.5. The zero-order valence-corrected chi connectivity index (χ0v) is 12.3. The molecule has 112 valence electrons. The number of aromatic amines is 2. The van der Waals surface area contributed by atoms with Crippen molar-refractivity contribution in [3.63, 3.8) is 0 Å². The number of amides is 1. The molecule has 0 aliphatic carbocycles. The lowest BCUT2D eigenvalue weighted by Crippen LogP contribution is -2.49. The van der Waals surface area contributed by atoms with Gasteiger partial charge in [-0.3, -0.25) is 14.5 Å². The number of likely N-dealkylation sites (tertiary alicyclic amines) is 1. The Kier molecular flexibility index (Phi) is 3.15. The fourth-order valence-electron chi connectivity index (χ4n) is 2.59. The van der Waals surface area contributed by atoms with Crippen LogP contribution in [0, 0.1) is 0 Å². The molecule has 0 saturated carbocycles. The van der Waals surface area contributed by atoms with E-state index in [1.165, 1.54) is 4.57 Å². The van der Waals surface area contributed by atoms with Gasteiger partial charge in [-0.1, -0.05) is 13.8 Å². The topological polar surface area (TPSA) is 99.7 Å². The van der Waals surface area contributed by atoms with Crippen LogP contribution >= 0.6 is 0 Å². The minimum atomic E-state index is -0.231. The number of hydrogen-bond donors (Lipinski definition) is 2. The Morgan fingerprint density at radius 2 is 2.10 bits per heavy atom. The van der Waals surface area contributed by atoms with Gasteiger partial charge in [-0.25, -0.2) is 9.89 Å². The van der Waals surface area contributed by atoms with Crippen LogP contribution in [0.3, 0.4) is 0 Å². The number of carbonyl (C=O) groups excluding carboxylic acids is 1. The summed E-state index contributed by atoms with van der Waals surface area (Å²) >= 11 is 0. The molecule has 3 rings (SSSR count). The summed E-state index contributed by atoms with van der Waals surface area (Å²) in [6.45, 7) is 5.18. The van der Waals surface area contributed by atoms with Crippen molar-refractivity contribution < 1.29 is 4.79 Å². The first-order valence-corrected chi connectivity index (χ1v) is 6.92. The van der Waals surface area contributed by atoms with E-state index in [9.17, 15) is 9.59 Å². The van der Waals surface area contributed by atoms with Crippen molar-refractivity contribution in [1.82, 2.24) is 29.9 Å². The van der Waals surface area contributed by atoms with E-state index >= 15 is 0 Å². The first kappa shape index (κ1) is 13.6. The Morgan fingerprint density at radius 1 is 1.38 bits per heavy atom. The van der Waals surface area contributed by atoms with Gasteiger partial charge in [-0.15, -0.1) is 0 Å². The molecule has 0 aromatic carbocycles. The third kappa shape index (κ3) is 2.16. The van der Waals surface area contributed by atoms with Gasteiger partial charge < -0.3 is 4.90 Å². The number of rotatable bonds is 3. The van der Waals surface area contributed by atoms with Gasteiger partial charge >= 0.3 is 5.69 Å². The van der Waals surface area contributed by atoms with Gasteiger partial charge in [0.2, 0.25) is 0 Å². The van der Waals surface area contributed by atoms with Gasteiger partial charge in [0.05, 0.1) is 12.1 Å². The molecule has 0 radical (unpaired) electrons. The second kappa shape index (κ2) is 4.87. The van der Waals surface area contributed by atoms with E-state index in [0.29, 0.717) is 24.6 Å². The maximum Gasteiger partial charge on any atom is 0.343 e. The van der Waals surface area contributed by atoms with Crippen LogP contribution in [0.15, 0.2) is 11.0 Å². The summed E-state index contributed by atoms with van der Waals surface area (Å²) in [5, 5.41) is 13.2. The molecule has 8 nitrogen and oxygen atoms in total. The third-order valence-corrected chi connectivity index (χ3v) is 3.95. The molecule has 8 heteroatoms. The van der Waals surface area contributed by atoms with Crippen molar-refractivity contribution in [1.29, 1.82) is 0 Å². The Balaban J connectivity index is 1.71. The molecular weight excluding hydrogens is 272 g/mol. The van der Waals surface area contributed by atoms with Crippen molar-refractivity contribution >= 4 is 5.91 Å². The number of carbonyl (C=O) groups is 1. The second-order valence-corrected chi connectivity index (χ2v) is 5.71. The average molecular weight is 290 g/mol. The molecular formula is C13H18N6O2. The highest BCUT2D eigenvalue weighted by atomic mass is 16.2. The summed E-state index contributed by atoms with van der Waals surface area (Å²) < 4.78 is 1.49. The van der Waals surface area contributed by atoms with Gasteiger partial charge in [0.15, 0.2) is 0 Å². The van der Waals surface area contributed by atoms with E-state index in [2.05, 4.69) is 20.4 Å². The Labute approximate surface area is 121 Å². The van der Waals surface area contributed by atoms with E-state index in [1.54, 1.807) is 18.1 Å². The number of hydrogen-bond acceptors (Lipinski definition) is 4. The number of nitrogens with one attached hydrogen (secondary N) is 2. The predicted molar refractivity (Wildman–Crippen MR) is 75.1 cm³/mol. The van der Waals surface area contributed by atoms with Crippen LogP contribution in [0.5, 0.6) is 0 Å². The van der Waals surface area contributed by atoms with Crippen molar-refractivity contribution in [2.45, 2.75) is 25.7 Å². The van der Waals surface area contributed by atoms with Gasteiger partial charge in [0.25, 0.3) is 5.91 Å². The number of nitrogens with zero attached hydrogens (tertiary/aromatic N) is 4. The molecule has 1 amide bonds. The molecule has 1 saturated heterocycles. The fourth-order valence-corrected chi connectivity index (χ4v) is 2.59. The minimum absolute atomic E-state index is 0.0482. The molecule has 2 N–H and O–H groups in total. The SMILES string of the molecule is CC(C)c1cn[nH]c1C(=O)N1CC(c2n[nH]c(=O)n2C)C1. The molecule has 1 aliphatic heterocycles. The Bertz CT molecular complexity index is 719. The molecule has 2 aromatic rings. The fraction of sp³-hybridized carbons (Fsp3) is 0.538. The molecule has 1 fully saturated rings. The van der Waals surface area contributed by atoms with Crippen molar-refractivity contribution in [2.24, 2.45) is 7.05 Å². The monoisotopic (exact) mass is 290 g/mol. The number of H-pyrrole nitrogens is 2. The van der Waals surface area contributed by atoms with E-state index in [1.807, 2.05) is 13.8 Å². The zero-order valence-electron chi connectivity index (χ0n) is 12.3. The molecule has 3 heterocycles. The van der Waals surface area contributed by atoms with Gasteiger partial charge in [0.1, 0.15) is 11.5 Å². The van der Waals surface area contributed by atoms with Crippen LogP contribution in [0.4, 0.5) is 0 Å². The minimum Gasteiger partial charge on any atom is -0.336 e. The molecule has 0 atom stereocenters. The van der Waals surface area contributed by atoms with Crippen LogP contribution in [0.1, 0.15) is 47.6 Å². The largest absolute Gasteiger partial charge is 0.343 e. The highest BCUT2D eigenvalue weighted by Gasteiger charge is 2.36. The van der Waals surface area contributed by atoms with Crippen LogP contribution < -0.4 is 5.69 Å². The van der Waals surface area contributed by atoms with Gasteiger partial charge in [-0.05, 0) is 5.92 Å². The summed E-state index contributed by atoms with van der Waals surface area (Å²) in [6.07, 6.45) is 1.70. The molecule has 1 aliphatic rings. The van der Waals surface area contributed by atoms with Crippen molar-refractivity contribution in [3.8, 4) is 0 Å². The first-order valence-electron chi connectivity index (χ1n) is 6.92. The molecule has 0 spiro atoms. The lowest BCUT2D eigenvalue weighted by Gasteiger charge is -2.38. The second-order valence-electron chi connectivity index (χ2n) is 5.71. The maximum atomic E-state index is 12.4. The van der Waals surface area contributed by atoms with E-state index in [4.69, 9.17) is 0 Å². The van der Waals surface area contributed by atoms with Crippen LogP contribution in [0.25, 0.3) is 0 Å². The lowest BCUT2D eigenvalue weighted by molar-refractivity contribution is 0.0583. The number of aromatic nitrogens is 5. The quantitative estimate of drug-likeness (QED) is 0.843. The van der Waals surface area contributed by atoms with Crippen LogP contribution in [-0.2, 0) is 7.05 Å². The van der Waals surface area contributed by atoms with Crippen molar-refractivity contribution in [3.05, 3.63) is 33.8 Å². The van der Waals surface area contributed by atoms with Crippen LogP contribution in [-0.4, -0.2) is 48.9 Å². The highest BCUT2D eigenvalue weighted by Crippen LogP contribution is 2.27. The van der Waals surface area contributed by atoms with Crippen molar-refractivity contribution in [2.75, 3.05) is 13.1 Å². The zero-order chi connectivity index (χ0) is 15.1. The summed E-state index contributed by atoms with van der Waals surface area (Å²) in [7, 11) is 1.68. The average Bonchev–Trinajstić information content (AvgIpc) is 2.98. The van der Waals surface area contributed by atoms with Crippen LogP contribution in [0.2, 0.25) is 0 Å². The van der Waals surface area contributed by atoms with Gasteiger partial charge in [-0.2, -0.15) is 10.2 Å². The Hall–Kier alpha value is -2.38. The molecule has 2 aromatic heterocycles. The maximum absolute atomic E-state index is 12.4. The Morgan fingerprint density at radius 3 is 2.67 bits per heavy atom. The molecule has 0 unspecified atom stereocenters. The van der Waals surface area contributed by atoms with Gasteiger partial charge in [0, 0.05) is 25.7 Å². The summed E-state index contributed by atoms with van der Waals surface area (Å²) in [5.41, 5.74) is 1.25. The standard InChI is InChI=1S/C13H18N6O2/c1-7(2)9-4-14-15-10(9)12(20)19-5-8(6-19)11-16-17-13(21)18(11)3/h4,7-8H,5-6H2,1-3H3,(H,14,15)(H,17,21). The lowest BCUT2D eigenvalue weighted by atomic mass is 9.97. The molecule has 21 heavy (non-hydrogen) atoms. The molecule has 0 bridgehead atoms. The van der Waals surface area contributed by atoms with E-state index in [-0.39, 0.29) is 23.4 Å². The summed E-state index contributed by atoms with van der Waals surface area (Å²) in [5.74, 6) is 0.987. The highest BCUT2D eigenvalue weighted by molar-refractivity contribution is 5.94. The predicted octanol–water partition coefficient (Wildman–Crippen LogP) is 0.194. The van der Waals surface area contributed by atoms with E-state index < -0.39 is 0 Å². The smallest absolute Gasteiger partial charge is 0.336 e. The summed E-state index contributed by atoms with van der Waals surface area (Å²) in [6, 6.07) is 0.